The van der Waals surface area contributed by atoms with Crippen LogP contribution in [0.1, 0.15) is 66.2 Å². The zero-order valence-electron chi connectivity index (χ0n) is 15.4. The van der Waals surface area contributed by atoms with Gasteiger partial charge >= 0.3 is 11.9 Å². The molecule has 2 rings (SSSR count). The van der Waals surface area contributed by atoms with E-state index in [2.05, 4.69) is 0 Å². The summed E-state index contributed by atoms with van der Waals surface area (Å²) in [5.41, 5.74) is -0.506. The molecule has 0 radical (unpaired) electrons. The minimum Gasteiger partial charge on any atom is -0.462 e. The van der Waals surface area contributed by atoms with Crippen molar-refractivity contribution in [3.05, 3.63) is 0 Å². The Kier molecular flexibility index (Phi) is 5.85. The molecule has 0 spiro atoms. The molecule has 7 heteroatoms. The van der Waals surface area contributed by atoms with Gasteiger partial charge in [-0.2, -0.15) is 0 Å². The molecule has 2 fully saturated rings. The Balaban J connectivity index is 1.85. The molecule has 0 N–H and O–H groups in total. The van der Waals surface area contributed by atoms with Crippen molar-refractivity contribution in [2.24, 2.45) is 11.3 Å². The van der Waals surface area contributed by atoms with Gasteiger partial charge in [0, 0.05) is 12.8 Å². The van der Waals surface area contributed by atoms with E-state index in [1.807, 2.05) is 20.8 Å². The molecule has 1 unspecified atom stereocenters. The number of imide groups is 1. The van der Waals surface area contributed by atoms with Crippen molar-refractivity contribution in [3.63, 3.8) is 0 Å². The number of carbonyl (C=O) groups excluding carboxylic acids is 4. The molecule has 2 amide bonds. The largest absolute Gasteiger partial charge is 0.462 e. The molecule has 25 heavy (non-hydrogen) atoms. The summed E-state index contributed by atoms with van der Waals surface area (Å²) in [6, 6.07) is 0. The molecule has 0 aromatic heterocycles. The molecule has 2 aliphatic rings. The predicted molar refractivity (Wildman–Crippen MR) is 87.9 cm³/mol. The Morgan fingerprint density at radius 1 is 1.12 bits per heavy atom. The van der Waals surface area contributed by atoms with E-state index in [0.29, 0.717) is 32.1 Å². The summed E-state index contributed by atoms with van der Waals surface area (Å²) in [6.45, 7) is 6.91. The van der Waals surface area contributed by atoms with Crippen molar-refractivity contribution in [2.75, 3.05) is 0 Å². The van der Waals surface area contributed by atoms with Crippen molar-refractivity contribution in [2.45, 2.75) is 78.6 Å². The maximum atomic E-state index is 12.5. The highest BCUT2D eigenvalue weighted by molar-refractivity contribution is 6.01. The van der Waals surface area contributed by atoms with E-state index in [1.54, 1.807) is 0 Å². The summed E-state index contributed by atoms with van der Waals surface area (Å²) in [5.74, 6) is -1.62. The van der Waals surface area contributed by atoms with Crippen molar-refractivity contribution in [1.29, 1.82) is 0 Å². The summed E-state index contributed by atoms with van der Waals surface area (Å²) in [5, 5.41) is 0. The van der Waals surface area contributed by atoms with Crippen molar-refractivity contribution < 1.29 is 28.7 Å². The zero-order valence-corrected chi connectivity index (χ0v) is 15.4. The first kappa shape index (κ1) is 19.4. The van der Waals surface area contributed by atoms with Gasteiger partial charge < -0.3 is 9.47 Å². The Bertz CT molecular complexity index is 562. The fraction of sp³-hybridized carbons (Fsp3) is 0.778. The average Bonchev–Trinajstić information content (AvgIpc) is 2.54. The lowest BCUT2D eigenvalue weighted by molar-refractivity contribution is -0.188. The van der Waals surface area contributed by atoms with Crippen LogP contribution in [0.2, 0.25) is 0 Å². The van der Waals surface area contributed by atoms with Gasteiger partial charge in [0.1, 0.15) is 6.10 Å². The van der Waals surface area contributed by atoms with Crippen molar-refractivity contribution in [3.8, 4) is 0 Å². The minimum absolute atomic E-state index is 0.0599. The van der Waals surface area contributed by atoms with Crippen LogP contribution in [0.15, 0.2) is 0 Å². The molecule has 1 heterocycles. The quantitative estimate of drug-likeness (QED) is 0.427. The number of nitrogens with zero attached hydrogens (tertiary/aromatic N) is 1. The number of β-lactam (4-membered cyclic amide) rings is 1. The van der Waals surface area contributed by atoms with Crippen LogP contribution in [0.4, 0.5) is 0 Å². The van der Waals surface area contributed by atoms with Gasteiger partial charge in [0.15, 0.2) is 6.23 Å². The SMILES string of the molecule is CCC(C)(C)C(=O)OC1CCC(C(=O)N2C(=O)CC2OC(C)=O)CC1. The number of hydrogen-bond acceptors (Lipinski definition) is 6. The molecule has 7 nitrogen and oxygen atoms in total. The maximum absolute atomic E-state index is 12.5. The fourth-order valence-electron chi connectivity index (χ4n) is 3.02. The van der Waals surface area contributed by atoms with Crippen molar-refractivity contribution >= 4 is 23.8 Å². The van der Waals surface area contributed by atoms with Crippen LogP contribution in [0, 0.1) is 11.3 Å². The number of likely N-dealkylation sites (tertiary alicyclic amines) is 1. The highest BCUT2D eigenvalue weighted by Gasteiger charge is 2.46. The Labute approximate surface area is 148 Å². The van der Waals surface area contributed by atoms with E-state index in [0.717, 1.165) is 4.90 Å². The number of amides is 2. The lowest BCUT2D eigenvalue weighted by Crippen LogP contribution is -2.59. The summed E-state index contributed by atoms with van der Waals surface area (Å²) in [7, 11) is 0. The van der Waals surface area contributed by atoms with E-state index < -0.39 is 17.6 Å². The van der Waals surface area contributed by atoms with Gasteiger partial charge in [0.05, 0.1) is 11.8 Å². The lowest BCUT2D eigenvalue weighted by Gasteiger charge is -2.40. The van der Waals surface area contributed by atoms with Crippen LogP contribution in [0.5, 0.6) is 0 Å². The predicted octanol–water partition coefficient (Wildman–Crippen LogP) is 2.17. The first-order valence-electron chi connectivity index (χ1n) is 8.90. The van der Waals surface area contributed by atoms with Gasteiger partial charge in [0.2, 0.25) is 11.8 Å². The maximum Gasteiger partial charge on any atom is 0.311 e. The van der Waals surface area contributed by atoms with Crippen molar-refractivity contribution in [1.82, 2.24) is 4.90 Å². The van der Waals surface area contributed by atoms with E-state index >= 15 is 0 Å². The van der Waals surface area contributed by atoms with Gasteiger partial charge in [-0.3, -0.25) is 19.2 Å². The van der Waals surface area contributed by atoms with E-state index in [-0.39, 0.29) is 36.2 Å². The number of esters is 2. The second kappa shape index (κ2) is 7.54. The van der Waals surface area contributed by atoms with Crippen LogP contribution in [0.25, 0.3) is 0 Å². The Hall–Kier alpha value is -1.92. The zero-order chi connectivity index (χ0) is 18.8. The molecule has 1 atom stereocenters. The first-order chi connectivity index (χ1) is 11.7. The number of ether oxygens (including phenoxy) is 2. The molecule has 0 bridgehead atoms. The van der Waals surface area contributed by atoms with Gasteiger partial charge in [-0.15, -0.1) is 0 Å². The normalized spacial score (nSPS) is 26.6. The molecule has 1 saturated heterocycles. The molecule has 140 valence electrons. The van der Waals surface area contributed by atoms with Crippen LogP contribution in [-0.2, 0) is 28.7 Å². The smallest absolute Gasteiger partial charge is 0.311 e. The highest BCUT2D eigenvalue weighted by atomic mass is 16.6. The highest BCUT2D eigenvalue weighted by Crippen LogP contribution is 2.33. The molecular weight excluding hydrogens is 326 g/mol. The second-order valence-corrected chi connectivity index (χ2v) is 7.49. The average molecular weight is 353 g/mol. The Morgan fingerprint density at radius 3 is 2.20 bits per heavy atom. The molecule has 0 aromatic carbocycles. The van der Waals surface area contributed by atoms with E-state index in [9.17, 15) is 19.2 Å². The second-order valence-electron chi connectivity index (χ2n) is 7.49. The molecule has 1 aliphatic heterocycles. The minimum atomic E-state index is -0.765. The summed E-state index contributed by atoms with van der Waals surface area (Å²) in [4.78, 5) is 48.5. The lowest BCUT2D eigenvalue weighted by atomic mass is 9.85. The van der Waals surface area contributed by atoms with Gasteiger partial charge in [-0.1, -0.05) is 6.92 Å². The third-order valence-corrected chi connectivity index (χ3v) is 5.18. The van der Waals surface area contributed by atoms with E-state index in [1.165, 1.54) is 6.92 Å². The number of carbonyl (C=O) groups is 4. The monoisotopic (exact) mass is 353 g/mol. The summed E-state index contributed by atoms with van der Waals surface area (Å²) >= 11 is 0. The van der Waals surface area contributed by atoms with Crippen LogP contribution >= 0.6 is 0 Å². The number of hydrogen-bond donors (Lipinski definition) is 0. The topological polar surface area (TPSA) is 90.0 Å². The van der Waals surface area contributed by atoms with E-state index in [4.69, 9.17) is 9.47 Å². The molecule has 1 aliphatic carbocycles. The summed E-state index contributed by atoms with van der Waals surface area (Å²) in [6.07, 6.45) is 2.13. The first-order valence-corrected chi connectivity index (χ1v) is 8.90. The van der Waals surface area contributed by atoms with Gasteiger partial charge in [-0.25, -0.2) is 4.90 Å². The standard InChI is InChI=1S/C18H27NO6/c1-5-18(3,4)17(23)25-13-8-6-12(7-9-13)16(22)19-14(21)10-15(19)24-11(2)20/h12-13,15H,5-10H2,1-4H3. The van der Waals surface area contributed by atoms with Gasteiger partial charge in [0.25, 0.3) is 0 Å². The Morgan fingerprint density at radius 2 is 1.72 bits per heavy atom. The third-order valence-electron chi connectivity index (χ3n) is 5.18. The molecular formula is C18H27NO6. The number of rotatable bonds is 5. The van der Waals surface area contributed by atoms with Crippen LogP contribution in [-0.4, -0.2) is 41.0 Å². The van der Waals surface area contributed by atoms with Crippen LogP contribution < -0.4 is 0 Å². The fourth-order valence-corrected chi connectivity index (χ4v) is 3.02. The molecule has 1 saturated carbocycles. The summed E-state index contributed by atoms with van der Waals surface area (Å²) < 4.78 is 10.6. The van der Waals surface area contributed by atoms with Gasteiger partial charge in [-0.05, 0) is 46.0 Å². The molecule has 0 aromatic rings. The third kappa shape index (κ3) is 4.38. The van der Waals surface area contributed by atoms with Crippen LogP contribution in [0.3, 0.4) is 0 Å².